The lowest BCUT2D eigenvalue weighted by Gasteiger charge is -2.27. The number of pyridine rings is 1. The van der Waals surface area contributed by atoms with Crippen LogP contribution in [-0.2, 0) is 16.6 Å². The van der Waals surface area contributed by atoms with Crippen LogP contribution in [0.25, 0.3) is 10.9 Å². The zero-order valence-corrected chi connectivity index (χ0v) is 16.5. The molecule has 28 heavy (non-hydrogen) atoms. The van der Waals surface area contributed by atoms with Gasteiger partial charge in [0.2, 0.25) is 10.0 Å². The average Bonchev–Trinajstić information content (AvgIpc) is 3.16. The largest absolute Gasteiger partial charge is 0.314 e. The van der Waals surface area contributed by atoms with Crippen molar-refractivity contribution in [3.63, 3.8) is 0 Å². The van der Waals surface area contributed by atoms with E-state index in [1.165, 1.54) is 10.0 Å². The number of rotatable bonds is 6. The number of piperazine rings is 1. The van der Waals surface area contributed by atoms with Crippen LogP contribution in [0.15, 0.2) is 67.6 Å². The van der Waals surface area contributed by atoms with Crippen molar-refractivity contribution in [2.24, 2.45) is 0 Å². The van der Waals surface area contributed by atoms with E-state index in [4.69, 9.17) is 0 Å². The highest BCUT2D eigenvalue weighted by Gasteiger charge is 2.28. The van der Waals surface area contributed by atoms with E-state index < -0.39 is 15.3 Å². The summed E-state index contributed by atoms with van der Waals surface area (Å²) < 4.78 is 28.1. The first-order valence-corrected chi connectivity index (χ1v) is 10.9. The van der Waals surface area contributed by atoms with Gasteiger partial charge in [-0.25, -0.2) is 12.4 Å². The van der Waals surface area contributed by atoms with Crippen LogP contribution in [0.2, 0.25) is 0 Å². The monoisotopic (exact) mass is 396 g/mol. The van der Waals surface area contributed by atoms with Crippen LogP contribution in [0.3, 0.4) is 0 Å². The maximum atomic E-state index is 13.4. The van der Waals surface area contributed by atoms with Crippen molar-refractivity contribution in [2.75, 3.05) is 26.2 Å². The summed E-state index contributed by atoms with van der Waals surface area (Å²) >= 11 is 0. The van der Waals surface area contributed by atoms with Crippen LogP contribution in [0, 0.1) is 0 Å². The van der Waals surface area contributed by atoms with Gasteiger partial charge in [0.1, 0.15) is 5.25 Å². The third-order valence-electron chi connectivity index (χ3n) is 5.21. The second-order valence-corrected chi connectivity index (χ2v) is 8.91. The first-order chi connectivity index (χ1) is 13.6. The highest BCUT2D eigenvalue weighted by molar-refractivity contribution is 7.90. The molecule has 0 spiro atoms. The zero-order valence-electron chi connectivity index (χ0n) is 15.7. The molecule has 4 rings (SSSR count). The Morgan fingerprint density at radius 2 is 2.00 bits per heavy atom. The predicted octanol–water partition coefficient (Wildman–Crippen LogP) is 2.55. The van der Waals surface area contributed by atoms with Gasteiger partial charge in [-0.15, -0.1) is 6.58 Å². The molecule has 7 heteroatoms. The molecule has 1 atom stereocenters. The maximum Gasteiger partial charge on any atom is 0.249 e. The van der Waals surface area contributed by atoms with Gasteiger partial charge in [0, 0.05) is 56.7 Å². The van der Waals surface area contributed by atoms with E-state index in [9.17, 15) is 8.42 Å². The molecular weight excluding hydrogens is 372 g/mol. The Hall–Kier alpha value is -2.48. The molecule has 0 bridgehead atoms. The van der Waals surface area contributed by atoms with E-state index in [0.29, 0.717) is 11.1 Å². The fraction of sp³-hybridized carbons (Fsp3) is 0.286. The third kappa shape index (κ3) is 3.48. The van der Waals surface area contributed by atoms with Gasteiger partial charge in [0.25, 0.3) is 0 Å². The fourth-order valence-corrected chi connectivity index (χ4v) is 5.41. The molecule has 1 unspecified atom stereocenters. The maximum absolute atomic E-state index is 13.4. The number of hydrogen-bond acceptors (Lipinski definition) is 5. The van der Waals surface area contributed by atoms with Crippen LogP contribution in [0.4, 0.5) is 0 Å². The first kappa shape index (κ1) is 18.9. The summed E-state index contributed by atoms with van der Waals surface area (Å²) in [7, 11) is -3.70. The molecule has 1 saturated heterocycles. The quantitative estimate of drug-likeness (QED) is 0.649. The molecule has 0 amide bonds. The molecule has 1 fully saturated rings. The van der Waals surface area contributed by atoms with Crippen molar-refractivity contribution >= 4 is 20.9 Å². The minimum absolute atomic E-state index is 0.608. The number of aromatic nitrogens is 2. The second-order valence-electron chi connectivity index (χ2n) is 6.98. The summed E-state index contributed by atoms with van der Waals surface area (Å²) in [5.74, 6) is 0. The van der Waals surface area contributed by atoms with Crippen LogP contribution in [-0.4, -0.2) is 48.5 Å². The van der Waals surface area contributed by atoms with Gasteiger partial charge in [-0.3, -0.25) is 9.88 Å². The van der Waals surface area contributed by atoms with Crippen LogP contribution >= 0.6 is 0 Å². The van der Waals surface area contributed by atoms with Gasteiger partial charge in [0.05, 0.1) is 5.52 Å². The van der Waals surface area contributed by atoms with Gasteiger partial charge in [-0.05, 0) is 29.3 Å². The smallest absolute Gasteiger partial charge is 0.249 e. The Morgan fingerprint density at radius 1 is 1.18 bits per heavy atom. The number of nitrogens with one attached hydrogen (secondary N) is 1. The van der Waals surface area contributed by atoms with Crippen molar-refractivity contribution in [3.05, 3.63) is 78.8 Å². The summed E-state index contributed by atoms with van der Waals surface area (Å²) in [5, 5.41) is 3.47. The SMILES string of the molecule is C=CC(c1cccnc1)S(=O)(=O)n1ccc2c(CN3CCNCC3)cccc21. The molecule has 2 aromatic heterocycles. The summed E-state index contributed by atoms with van der Waals surface area (Å²) in [6.07, 6.45) is 6.31. The van der Waals surface area contributed by atoms with Crippen molar-refractivity contribution in [1.82, 2.24) is 19.2 Å². The topological polar surface area (TPSA) is 67.2 Å². The molecular formula is C21H24N4O2S. The lowest BCUT2D eigenvalue weighted by molar-refractivity contribution is 0.234. The number of fused-ring (bicyclic) bond motifs is 1. The lowest BCUT2D eigenvalue weighted by Crippen LogP contribution is -2.42. The Morgan fingerprint density at radius 3 is 2.71 bits per heavy atom. The lowest BCUT2D eigenvalue weighted by atomic mass is 10.1. The van der Waals surface area contributed by atoms with Crippen molar-refractivity contribution in [1.29, 1.82) is 0 Å². The van der Waals surface area contributed by atoms with Gasteiger partial charge >= 0.3 is 0 Å². The van der Waals surface area contributed by atoms with Gasteiger partial charge in [-0.2, -0.15) is 0 Å². The fourth-order valence-electron chi connectivity index (χ4n) is 3.77. The minimum Gasteiger partial charge on any atom is -0.314 e. The summed E-state index contributed by atoms with van der Waals surface area (Å²) in [6.45, 7) is 8.53. The molecule has 1 aromatic carbocycles. The average molecular weight is 397 g/mol. The summed E-state index contributed by atoms with van der Waals surface area (Å²) in [6, 6.07) is 11.3. The molecule has 146 valence electrons. The Kier molecular flexibility index (Phi) is 5.30. The molecule has 0 saturated carbocycles. The van der Waals surface area contributed by atoms with Crippen LogP contribution in [0.1, 0.15) is 16.4 Å². The molecule has 1 aliphatic heterocycles. The van der Waals surface area contributed by atoms with E-state index in [0.717, 1.165) is 43.7 Å². The van der Waals surface area contributed by atoms with E-state index in [1.54, 1.807) is 30.7 Å². The van der Waals surface area contributed by atoms with Gasteiger partial charge < -0.3 is 5.32 Å². The molecule has 1 aliphatic rings. The van der Waals surface area contributed by atoms with E-state index in [2.05, 4.69) is 27.8 Å². The van der Waals surface area contributed by atoms with E-state index in [1.807, 2.05) is 18.2 Å². The van der Waals surface area contributed by atoms with E-state index in [-0.39, 0.29) is 0 Å². The van der Waals surface area contributed by atoms with Crippen LogP contribution in [0.5, 0.6) is 0 Å². The second kappa shape index (κ2) is 7.87. The normalized spacial score (nSPS) is 16.9. The Balaban J connectivity index is 1.73. The van der Waals surface area contributed by atoms with Crippen molar-refractivity contribution in [3.8, 4) is 0 Å². The number of nitrogens with zero attached hydrogens (tertiary/aromatic N) is 3. The molecule has 3 heterocycles. The van der Waals surface area contributed by atoms with Crippen LogP contribution < -0.4 is 5.32 Å². The molecule has 6 nitrogen and oxygen atoms in total. The molecule has 0 radical (unpaired) electrons. The van der Waals surface area contributed by atoms with Crippen molar-refractivity contribution < 1.29 is 8.42 Å². The number of hydrogen-bond donors (Lipinski definition) is 1. The van der Waals surface area contributed by atoms with Crippen molar-refractivity contribution in [2.45, 2.75) is 11.8 Å². The molecule has 0 aliphatic carbocycles. The third-order valence-corrected chi connectivity index (χ3v) is 7.19. The first-order valence-electron chi connectivity index (χ1n) is 9.40. The highest BCUT2D eigenvalue weighted by atomic mass is 32.2. The highest BCUT2D eigenvalue weighted by Crippen LogP contribution is 2.30. The Bertz CT molecular complexity index is 1070. The summed E-state index contributed by atoms with van der Waals surface area (Å²) in [5.41, 5.74) is 2.45. The van der Waals surface area contributed by atoms with Gasteiger partial charge in [0.15, 0.2) is 0 Å². The Labute approximate surface area is 165 Å². The molecule has 1 N–H and O–H groups in total. The van der Waals surface area contributed by atoms with E-state index >= 15 is 0 Å². The zero-order chi connectivity index (χ0) is 19.6. The standard InChI is InChI=1S/C21H24N4O2S/c1-2-21(17-6-4-9-23-15-17)28(26,27)25-12-8-19-18(5-3-7-20(19)25)16-24-13-10-22-11-14-24/h2-9,12,15,21-22H,1,10-11,13-14,16H2. The molecule has 3 aromatic rings. The van der Waals surface area contributed by atoms with Gasteiger partial charge in [-0.1, -0.05) is 24.3 Å². The number of benzene rings is 1. The minimum atomic E-state index is -3.70. The predicted molar refractivity (Wildman–Crippen MR) is 112 cm³/mol. The summed E-state index contributed by atoms with van der Waals surface area (Å²) in [4.78, 5) is 6.45.